The first kappa shape index (κ1) is 91.5. The molecule has 2 aliphatic rings. The number of thiocarbonyl (C=S) groups is 2. The Morgan fingerprint density at radius 2 is 1.00 bits per heavy atom. The van der Waals surface area contributed by atoms with Gasteiger partial charge in [0.2, 0.25) is 10.3 Å². The van der Waals surface area contributed by atoms with Crippen molar-refractivity contribution in [3.8, 4) is 74.1 Å². The number of nitrogen functional groups attached to an aromatic ring is 3. The maximum absolute atomic E-state index is 10.7. The number of imidazole rings is 1. The summed E-state index contributed by atoms with van der Waals surface area (Å²) >= 11 is 40.6. The molecule has 7 aromatic heterocycles. The largest absolute Gasteiger partial charge is 0.395 e. The number of hydrogen-bond donors (Lipinski definition) is 6. The number of nitro groups is 2. The van der Waals surface area contributed by atoms with Crippen LogP contribution < -0.4 is 43.4 Å². The fraction of sp³-hybridized carbons (Fsp3) is 0.288. The van der Waals surface area contributed by atoms with E-state index in [2.05, 4.69) is 109 Å². The van der Waals surface area contributed by atoms with E-state index in [1.807, 2.05) is 30.3 Å². The Morgan fingerprint density at radius 1 is 0.558 bits per heavy atom. The number of anilines is 7. The van der Waals surface area contributed by atoms with Crippen molar-refractivity contribution in [2.75, 3.05) is 70.4 Å². The van der Waals surface area contributed by atoms with E-state index >= 15 is 0 Å². The van der Waals surface area contributed by atoms with Gasteiger partial charge in [0.15, 0.2) is 16.1 Å². The van der Waals surface area contributed by atoms with E-state index in [9.17, 15) is 20.2 Å². The molecular formula is C73H78Cl5N18O4S3Y-. The predicted molar refractivity (Wildman–Crippen MR) is 434 cm³/mol. The van der Waals surface area contributed by atoms with E-state index in [1.54, 1.807) is 42.6 Å². The summed E-state index contributed by atoms with van der Waals surface area (Å²) in [6.45, 7) is 6.70. The first-order chi connectivity index (χ1) is 49.1. The van der Waals surface area contributed by atoms with Crippen LogP contribution in [-0.2, 0) is 52.1 Å². The van der Waals surface area contributed by atoms with Crippen molar-refractivity contribution in [2.45, 2.75) is 113 Å². The molecule has 104 heavy (non-hydrogen) atoms. The average molecular weight is 1630 g/mol. The van der Waals surface area contributed by atoms with Gasteiger partial charge in [-0.1, -0.05) is 112 Å². The Balaban J connectivity index is 0.000000421. The zero-order chi connectivity index (χ0) is 74.9. The number of fused-ring (bicyclic) bond motifs is 3. The molecule has 0 fully saturated rings. The molecule has 31 heteroatoms. The molecular weight excluding hydrogens is 1560 g/mol. The van der Waals surface area contributed by atoms with Gasteiger partial charge in [0.25, 0.3) is 0 Å². The van der Waals surface area contributed by atoms with Gasteiger partial charge in [0.1, 0.15) is 27.2 Å². The smallest absolute Gasteiger partial charge is 0.329 e. The van der Waals surface area contributed by atoms with Gasteiger partial charge in [-0.25, -0.2) is 34.9 Å². The molecule has 0 saturated carbocycles. The van der Waals surface area contributed by atoms with Crippen molar-refractivity contribution in [1.29, 1.82) is 0 Å². The second-order valence-electron chi connectivity index (χ2n) is 21.2. The SMILES string of the molecule is C#CCCCN.C#CCCCN1C(=S)Cc2c1ccnc2Cl.C#CCCCN1C(=S)Cc2c1ccnc2N.C#CCCCNc1ccnc(Cl)c1N.C#CCCCNc1ccnc(Cl)c1[N+](=O)[O-].C#CCCCn1c(Sc2ccccc2C)nc2c(N)nccc21.O=[N+]([O-])c1c(Cl)ccnc1Cl.[CH3-].[Y]. The summed E-state index contributed by atoms with van der Waals surface area (Å²) in [5.74, 6) is 16.6. The van der Waals surface area contributed by atoms with Crippen LogP contribution in [0, 0.1) is 109 Å². The van der Waals surface area contributed by atoms with Crippen LogP contribution in [0.3, 0.4) is 0 Å². The number of hydrogen-bond acceptors (Lipinski definition) is 20. The molecule has 10 N–H and O–H groups in total. The number of terminal acetylenes is 6. The number of halogens is 5. The number of pyridine rings is 6. The van der Waals surface area contributed by atoms with Crippen LogP contribution >= 0.6 is 94.2 Å². The molecule has 1 aromatic carbocycles. The maximum atomic E-state index is 10.7. The minimum Gasteiger partial charge on any atom is -0.395 e. The molecule has 1 radical (unpaired) electrons. The van der Waals surface area contributed by atoms with E-state index in [0.717, 1.165) is 158 Å². The minimum absolute atomic E-state index is 0. The van der Waals surface area contributed by atoms with Crippen LogP contribution in [0.5, 0.6) is 0 Å². The van der Waals surface area contributed by atoms with Crippen LogP contribution in [0.1, 0.15) is 93.7 Å². The standard InChI is InChI=1S/C18H18N4S.C12H11ClN2S.C12H13N3S.C10H10ClN3O2.C10H12ClN3.C5H2Cl2N2O2.C5H9N.CH3.Y/c1-3-4-7-12-22-14-10-11-20-17(19)16(14)21-18(22)23-15-9-6-5-8-13(15)2;2*1-2-3-4-7-15-10-5-6-14-12(13)9(10)8-11(15)16;1-2-3-4-6-12-8-5-7-13-10(11)9(8)14(15)16;1-2-3-4-6-13-8-5-7-14-10(11)9(8)12;6-3-1-2-8-5(7)4(3)9(10)11;1-2-3-4-5-6;;/h1,5-6,8-11H,4,7,12H2,2H3,(H2,19,20);1,5-6H,3-4,7-8H2;1,5-6H,3-4,7-8H2,(H2,13,14);1,5,7H,3-4,6H2,(H,12,13);1,5,7H,3-4,6,12H2,(H,13,14);1-2H;1H,3-6H2;1H3;/q;;;;;;;-1;. The Bertz CT molecular complexity index is 4310. The molecule has 9 heterocycles. The number of nitrogens with two attached hydrogens (primary N) is 4. The Labute approximate surface area is 674 Å². The quantitative estimate of drug-likeness (QED) is 0.00659. The summed E-state index contributed by atoms with van der Waals surface area (Å²) < 4.78 is 2.18. The van der Waals surface area contributed by atoms with Crippen molar-refractivity contribution in [3.63, 3.8) is 0 Å². The molecule has 541 valence electrons. The summed E-state index contributed by atoms with van der Waals surface area (Å²) in [4.78, 5) is 55.0. The van der Waals surface area contributed by atoms with Gasteiger partial charge >= 0.3 is 11.4 Å². The molecule has 2 aliphatic heterocycles. The fourth-order valence-corrected chi connectivity index (χ4v) is 11.9. The number of aryl methyl sites for hydroxylation is 2. The summed E-state index contributed by atoms with van der Waals surface area (Å²) in [5.41, 5.74) is 31.0. The number of benzene rings is 1. The third-order valence-electron chi connectivity index (χ3n) is 14.1. The zero-order valence-electron chi connectivity index (χ0n) is 57.3. The van der Waals surface area contributed by atoms with Gasteiger partial charge in [-0.15, -0.1) is 74.1 Å². The summed E-state index contributed by atoms with van der Waals surface area (Å²) in [7, 11) is 0. The number of aromatic nitrogens is 8. The van der Waals surface area contributed by atoms with E-state index < -0.39 is 9.85 Å². The molecule has 10 rings (SSSR count). The Morgan fingerprint density at radius 3 is 1.53 bits per heavy atom. The zero-order valence-corrected chi connectivity index (χ0v) is 66.4. The normalized spacial score (nSPS) is 10.8. The summed E-state index contributed by atoms with van der Waals surface area (Å²) in [5, 5.41) is 28.5. The van der Waals surface area contributed by atoms with E-state index in [0.29, 0.717) is 59.2 Å². The minimum atomic E-state index is -0.669. The number of nitrogens with one attached hydrogen (secondary N) is 2. The summed E-state index contributed by atoms with van der Waals surface area (Å²) in [6.07, 6.45) is 51.8. The van der Waals surface area contributed by atoms with Crippen LogP contribution in [0.2, 0.25) is 25.6 Å². The number of rotatable bonds is 23. The molecule has 22 nitrogen and oxygen atoms in total. The van der Waals surface area contributed by atoms with Crippen LogP contribution in [-0.4, -0.2) is 92.0 Å². The molecule has 0 amide bonds. The van der Waals surface area contributed by atoms with Crippen molar-refractivity contribution < 1.29 is 42.6 Å². The topological polar surface area (TPSA) is 316 Å². The Hall–Kier alpha value is -8.61. The Kier molecular flexibility index (Phi) is 44.6. The number of unbranched alkanes of at least 4 members (excludes halogenated alkanes) is 6. The van der Waals surface area contributed by atoms with Crippen molar-refractivity contribution in [1.82, 2.24) is 39.5 Å². The van der Waals surface area contributed by atoms with Gasteiger partial charge in [-0.05, 0) is 100 Å². The van der Waals surface area contributed by atoms with Gasteiger partial charge in [-0.3, -0.25) is 20.2 Å². The molecule has 0 spiro atoms. The van der Waals surface area contributed by atoms with Crippen molar-refractivity contribution >= 4 is 167 Å². The monoisotopic (exact) mass is 1630 g/mol. The third-order valence-corrected chi connectivity index (χ3v) is 17.5. The van der Waals surface area contributed by atoms with Gasteiger partial charge < -0.3 is 55.4 Å². The predicted octanol–water partition coefficient (Wildman–Crippen LogP) is 16.2. The molecule has 0 aliphatic carbocycles. The van der Waals surface area contributed by atoms with E-state index in [1.165, 1.54) is 35.0 Å². The van der Waals surface area contributed by atoms with Crippen molar-refractivity contribution in [3.05, 3.63) is 168 Å². The first-order valence-corrected chi connectivity index (χ1v) is 34.9. The molecule has 0 atom stereocenters. The van der Waals surface area contributed by atoms with Crippen LogP contribution in [0.4, 0.5) is 51.4 Å². The summed E-state index contributed by atoms with van der Waals surface area (Å²) in [6, 6.07) is 18.8. The van der Waals surface area contributed by atoms with E-state index in [-0.39, 0.29) is 66.8 Å². The molecule has 0 saturated heterocycles. The molecule has 8 aromatic rings. The molecule has 0 bridgehead atoms. The number of nitrogens with zero attached hydrogens (tertiary/aromatic N) is 12. The maximum Gasteiger partial charge on any atom is 0.329 e. The second kappa shape index (κ2) is 50.7. The van der Waals surface area contributed by atoms with E-state index in [4.69, 9.17) is 149 Å². The van der Waals surface area contributed by atoms with Gasteiger partial charge in [-0.2, -0.15) is 0 Å². The van der Waals surface area contributed by atoms with Crippen LogP contribution in [0.15, 0.2) is 108 Å². The van der Waals surface area contributed by atoms with Crippen molar-refractivity contribution in [2.24, 2.45) is 5.73 Å². The average Bonchev–Trinajstić information content (AvgIpc) is 1.70. The van der Waals surface area contributed by atoms with Crippen LogP contribution in [0.25, 0.3) is 11.0 Å². The fourth-order valence-electron chi connectivity index (χ4n) is 9.14. The second-order valence-corrected chi connectivity index (χ2v) is 25.0. The van der Waals surface area contributed by atoms with Gasteiger partial charge in [0.05, 0.1) is 42.4 Å². The molecule has 0 unspecified atom stereocenters. The third kappa shape index (κ3) is 29.5. The van der Waals surface area contributed by atoms with Gasteiger partial charge in [0, 0.05) is 176 Å². The first-order valence-electron chi connectivity index (χ1n) is 31.4.